The van der Waals surface area contributed by atoms with E-state index >= 15 is 0 Å². The lowest BCUT2D eigenvalue weighted by molar-refractivity contribution is 0.103. The molecule has 6 heteroatoms. The molecule has 2 rings (SSSR count). The van der Waals surface area contributed by atoms with Crippen LogP contribution in [0, 0.1) is 0 Å². The van der Waals surface area contributed by atoms with Gasteiger partial charge in [0.2, 0.25) is 0 Å². The monoisotopic (exact) mass is 296 g/mol. The highest BCUT2D eigenvalue weighted by Crippen LogP contribution is 2.35. The summed E-state index contributed by atoms with van der Waals surface area (Å²) in [4.78, 5) is 13.3. The number of carbonyl (C=O) groups excluding carboxylic acids is 1. The molecule has 0 unspecified atom stereocenters. The number of hydrogen-bond donors (Lipinski definition) is 1. The van der Waals surface area contributed by atoms with Crippen molar-refractivity contribution in [3.8, 4) is 0 Å². The molecule has 0 amide bonds. The second kappa shape index (κ2) is 6.12. The summed E-state index contributed by atoms with van der Waals surface area (Å²) in [5, 5.41) is 7.26. The van der Waals surface area contributed by atoms with Gasteiger partial charge in [0, 0.05) is 17.0 Å². The number of anilines is 1. The first-order valence-electron chi connectivity index (χ1n) is 5.73. The first-order chi connectivity index (χ1) is 9.19. The Morgan fingerprint density at radius 1 is 1.53 bits per heavy atom. The van der Waals surface area contributed by atoms with Gasteiger partial charge < -0.3 is 9.84 Å². The Labute approximate surface area is 120 Å². The van der Waals surface area contributed by atoms with Crippen LogP contribution < -0.4 is 5.32 Å². The molecule has 1 aromatic carbocycles. The van der Waals surface area contributed by atoms with Crippen LogP contribution in [0.5, 0.6) is 0 Å². The van der Waals surface area contributed by atoms with Crippen molar-refractivity contribution in [2.24, 2.45) is 0 Å². The summed E-state index contributed by atoms with van der Waals surface area (Å²) < 4.78 is 4.70. The molecule has 0 bridgehead atoms. The van der Waals surface area contributed by atoms with Crippen molar-refractivity contribution < 1.29 is 9.32 Å². The van der Waals surface area contributed by atoms with Crippen molar-refractivity contribution in [2.45, 2.75) is 11.8 Å². The second-order valence-electron chi connectivity index (χ2n) is 3.78. The van der Waals surface area contributed by atoms with Crippen molar-refractivity contribution in [3.05, 3.63) is 40.7 Å². The van der Waals surface area contributed by atoms with Gasteiger partial charge in [-0.15, -0.1) is 11.8 Å². The van der Waals surface area contributed by atoms with Gasteiger partial charge in [-0.3, -0.25) is 4.79 Å². The number of nitrogens with one attached hydrogen (secondary N) is 1. The van der Waals surface area contributed by atoms with Gasteiger partial charge in [-0.05, 0) is 25.3 Å². The summed E-state index contributed by atoms with van der Waals surface area (Å²) in [6, 6.07) is 3.61. The topological polar surface area (TPSA) is 55.1 Å². The van der Waals surface area contributed by atoms with Gasteiger partial charge in [0.25, 0.3) is 0 Å². The van der Waals surface area contributed by atoms with E-state index < -0.39 is 0 Å². The number of carbonyl (C=O) groups is 1. The summed E-state index contributed by atoms with van der Waals surface area (Å²) >= 11 is 7.86. The van der Waals surface area contributed by atoms with Crippen molar-refractivity contribution in [1.82, 2.24) is 5.16 Å². The van der Waals surface area contributed by atoms with Crippen molar-refractivity contribution in [2.75, 3.05) is 18.1 Å². The van der Waals surface area contributed by atoms with Crippen LogP contribution in [0.2, 0.25) is 5.02 Å². The van der Waals surface area contributed by atoms with Gasteiger partial charge in [-0.25, -0.2) is 0 Å². The number of nitrogens with zero attached hydrogens (tertiary/aromatic N) is 1. The van der Waals surface area contributed by atoms with Crippen LogP contribution in [0.1, 0.15) is 22.8 Å². The predicted molar refractivity (Wildman–Crippen MR) is 77.3 cm³/mol. The number of ketones is 1. The number of aromatic nitrogens is 1. The average Bonchev–Trinajstić information content (AvgIpc) is 2.94. The van der Waals surface area contributed by atoms with E-state index in [9.17, 15) is 4.79 Å². The SMILES string of the molecule is CCNc1c(C(=O)c2cnoc2)ccc(SC)c1Cl. The van der Waals surface area contributed by atoms with E-state index in [-0.39, 0.29) is 5.78 Å². The summed E-state index contributed by atoms with van der Waals surface area (Å²) in [7, 11) is 0. The molecule has 2 aromatic rings. The molecule has 0 saturated heterocycles. The normalized spacial score (nSPS) is 10.5. The molecule has 100 valence electrons. The predicted octanol–water partition coefficient (Wildman–Crippen LogP) is 3.71. The Morgan fingerprint density at radius 2 is 2.32 bits per heavy atom. The Kier molecular flexibility index (Phi) is 4.50. The van der Waals surface area contributed by atoms with E-state index in [2.05, 4.69) is 10.5 Å². The molecule has 0 radical (unpaired) electrons. The Balaban J connectivity index is 2.50. The van der Waals surface area contributed by atoms with E-state index in [1.807, 2.05) is 19.2 Å². The molecule has 0 saturated carbocycles. The number of halogens is 1. The molecular weight excluding hydrogens is 284 g/mol. The quantitative estimate of drug-likeness (QED) is 0.673. The van der Waals surface area contributed by atoms with Gasteiger partial charge in [-0.2, -0.15) is 0 Å². The number of thioether (sulfide) groups is 1. The smallest absolute Gasteiger partial charge is 0.200 e. The summed E-state index contributed by atoms with van der Waals surface area (Å²) in [6.07, 6.45) is 4.67. The lowest BCUT2D eigenvalue weighted by atomic mass is 10.0. The number of benzene rings is 1. The molecule has 1 N–H and O–H groups in total. The summed E-state index contributed by atoms with van der Waals surface area (Å²) in [5.41, 5.74) is 1.59. The first-order valence-corrected chi connectivity index (χ1v) is 7.33. The minimum atomic E-state index is -0.160. The standard InChI is InChI=1S/C13H13ClN2O2S/c1-3-15-12-9(4-5-10(19-2)11(12)14)13(17)8-6-16-18-7-8/h4-7,15H,3H2,1-2H3. The number of hydrogen-bond acceptors (Lipinski definition) is 5. The van der Waals surface area contributed by atoms with Gasteiger partial charge in [0.1, 0.15) is 6.26 Å². The van der Waals surface area contributed by atoms with Crippen LogP contribution >= 0.6 is 23.4 Å². The minimum Gasteiger partial charge on any atom is -0.383 e. The molecule has 0 fully saturated rings. The fourth-order valence-electron chi connectivity index (χ4n) is 1.73. The highest BCUT2D eigenvalue weighted by Gasteiger charge is 2.19. The van der Waals surface area contributed by atoms with Gasteiger partial charge in [-0.1, -0.05) is 16.8 Å². The molecule has 19 heavy (non-hydrogen) atoms. The fraction of sp³-hybridized carbons (Fsp3) is 0.231. The van der Waals surface area contributed by atoms with Crippen LogP contribution in [0.25, 0.3) is 0 Å². The van der Waals surface area contributed by atoms with Crippen molar-refractivity contribution in [1.29, 1.82) is 0 Å². The van der Waals surface area contributed by atoms with Gasteiger partial charge >= 0.3 is 0 Å². The summed E-state index contributed by atoms with van der Waals surface area (Å²) in [5.74, 6) is -0.160. The highest BCUT2D eigenvalue weighted by atomic mass is 35.5. The Morgan fingerprint density at radius 3 is 2.89 bits per heavy atom. The van der Waals surface area contributed by atoms with Crippen LogP contribution in [-0.2, 0) is 0 Å². The van der Waals surface area contributed by atoms with Crippen molar-refractivity contribution in [3.63, 3.8) is 0 Å². The zero-order valence-electron chi connectivity index (χ0n) is 10.6. The number of rotatable bonds is 5. The molecule has 0 atom stereocenters. The third kappa shape index (κ3) is 2.77. The third-order valence-electron chi connectivity index (χ3n) is 2.62. The molecule has 1 heterocycles. The maximum atomic E-state index is 12.3. The molecule has 0 aliphatic heterocycles. The minimum absolute atomic E-state index is 0.160. The summed E-state index contributed by atoms with van der Waals surface area (Å²) in [6.45, 7) is 2.64. The maximum Gasteiger partial charge on any atom is 0.200 e. The lowest BCUT2D eigenvalue weighted by Gasteiger charge is -2.13. The molecule has 0 aliphatic rings. The second-order valence-corrected chi connectivity index (χ2v) is 5.00. The first kappa shape index (κ1) is 14.0. The molecular formula is C13H13ClN2O2S. The lowest BCUT2D eigenvalue weighted by Crippen LogP contribution is -2.08. The largest absolute Gasteiger partial charge is 0.383 e. The third-order valence-corrected chi connectivity index (χ3v) is 3.90. The average molecular weight is 297 g/mol. The van der Waals surface area contributed by atoms with Crippen LogP contribution in [-0.4, -0.2) is 23.7 Å². The Bertz CT molecular complexity index is 585. The molecule has 4 nitrogen and oxygen atoms in total. The van der Waals surface area contributed by atoms with E-state index in [1.54, 1.807) is 6.07 Å². The van der Waals surface area contributed by atoms with E-state index in [1.165, 1.54) is 24.2 Å². The fourth-order valence-corrected chi connectivity index (χ4v) is 2.67. The van der Waals surface area contributed by atoms with Crippen molar-refractivity contribution >= 4 is 34.8 Å². The van der Waals surface area contributed by atoms with Crippen LogP contribution in [0.3, 0.4) is 0 Å². The zero-order chi connectivity index (χ0) is 13.8. The zero-order valence-corrected chi connectivity index (χ0v) is 12.1. The van der Waals surface area contributed by atoms with Crippen LogP contribution in [0.4, 0.5) is 5.69 Å². The van der Waals surface area contributed by atoms with Gasteiger partial charge in [0.15, 0.2) is 5.78 Å². The molecule has 1 aromatic heterocycles. The molecule has 0 aliphatic carbocycles. The van der Waals surface area contributed by atoms with E-state index in [0.29, 0.717) is 28.4 Å². The highest BCUT2D eigenvalue weighted by molar-refractivity contribution is 7.98. The van der Waals surface area contributed by atoms with E-state index in [0.717, 1.165) is 4.90 Å². The Hall–Kier alpha value is -1.46. The van der Waals surface area contributed by atoms with Gasteiger partial charge in [0.05, 0.1) is 22.5 Å². The van der Waals surface area contributed by atoms with Crippen LogP contribution in [0.15, 0.2) is 34.0 Å². The maximum absolute atomic E-state index is 12.3. The van der Waals surface area contributed by atoms with E-state index in [4.69, 9.17) is 16.1 Å². The molecule has 0 spiro atoms.